The standard InChI is InChI=1S/C10H13NS/c1-2-7-12-8-9-5-3-4-6-10(9)11/h2-6H,1,7-8,11H2. The molecule has 0 radical (unpaired) electrons. The van der Waals surface area contributed by atoms with Crippen LogP contribution in [0.15, 0.2) is 36.9 Å². The highest BCUT2D eigenvalue weighted by Crippen LogP contribution is 2.17. The molecule has 0 fully saturated rings. The number of nitrogens with two attached hydrogens (primary N) is 1. The molecule has 0 aromatic heterocycles. The van der Waals surface area contributed by atoms with E-state index in [1.165, 1.54) is 5.56 Å². The van der Waals surface area contributed by atoms with Crippen LogP contribution in [0.4, 0.5) is 5.69 Å². The lowest BCUT2D eigenvalue weighted by Gasteiger charge is -2.02. The Morgan fingerprint density at radius 3 is 2.83 bits per heavy atom. The Bertz CT molecular complexity index is 258. The van der Waals surface area contributed by atoms with Crippen molar-refractivity contribution < 1.29 is 0 Å². The summed E-state index contributed by atoms with van der Waals surface area (Å²) in [6.45, 7) is 3.66. The molecular weight excluding hydrogens is 166 g/mol. The van der Waals surface area contributed by atoms with Crippen molar-refractivity contribution in [1.29, 1.82) is 0 Å². The number of benzene rings is 1. The van der Waals surface area contributed by atoms with Gasteiger partial charge in [-0.25, -0.2) is 0 Å². The fourth-order valence-corrected chi connectivity index (χ4v) is 1.69. The molecule has 64 valence electrons. The molecular formula is C10H13NS. The van der Waals surface area contributed by atoms with Gasteiger partial charge in [0.2, 0.25) is 0 Å². The molecule has 1 nitrogen and oxygen atoms in total. The van der Waals surface area contributed by atoms with Crippen LogP contribution in [0.5, 0.6) is 0 Å². The van der Waals surface area contributed by atoms with Crippen LogP contribution < -0.4 is 5.73 Å². The van der Waals surface area contributed by atoms with Crippen molar-refractivity contribution in [2.24, 2.45) is 0 Å². The number of anilines is 1. The van der Waals surface area contributed by atoms with Gasteiger partial charge in [0.1, 0.15) is 0 Å². The van der Waals surface area contributed by atoms with Crippen LogP contribution in [0.1, 0.15) is 5.56 Å². The number of para-hydroxylation sites is 1. The Morgan fingerprint density at radius 2 is 2.17 bits per heavy atom. The van der Waals surface area contributed by atoms with Crippen LogP contribution in [0, 0.1) is 0 Å². The zero-order valence-electron chi connectivity index (χ0n) is 6.99. The molecule has 0 amide bonds. The topological polar surface area (TPSA) is 26.0 Å². The van der Waals surface area contributed by atoms with Crippen molar-refractivity contribution >= 4 is 17.4 Å². The second-order valence-corrected chi connectivity index (χ2v) is 3.53. The number of hydrogen-bond acceptors (Lipinski definition) is 2. The second kappa shape index (κ2) is 4.88. The van der Waals surface area contributed by atoms with E-state index >= 15 is 0 Å². The Morgan fingerprint density at radius 1 is 1.42 bits per heavy atom. The number of hydrogen-bond donors (Lipinski definition) is 1. The Hall–Kier alpha value is -0.890. The minimum Gasteiger partial charge on any atom is -0.398 e. The van der Waals surface area contributed by atoms with Crippen LogP contribution in [0.2, 0.25) is 0 Å². The van der Waals surface area contributed by atoms with Crippen LogP contribution in [-0.4, -0.2) is 5.75 Å². The van der Waals surface area contributed by atoms with Gasteiger partial charge in [0, 0.05) is 17.2 Å². The van der Waals surface area contributed by atoms with Gasteiger partial charge in [0.05, 0.1) is 0 Å². The Labute approximate surface area is 77.7 Å². The van der Waals surface area contributed by atoms with Gasteiger partial charge in [-0.3, -0.25) is 0 Å². The average Bonchev–Trinajstić information content (AvgIpc) is 2.09. The molecule has 1 aromatic carbocycles. The van der Waals surface area contributed by atoms with Crippen molar-refractivity contribution in [3.63, 3.8) is 0 Å². The number of nitrogen functional groups attached to an aromatic ring is 1. The molecule has 0 aliphatic carbocycles. The summed E-state index contributed by atoms with van der Waals surface area (Å²) in [5.41, 5.74) is 7.86. The Kier molecular flexibility index (Phi) is 3.74. The third-order valence-electron chi connectivity index (χ3n) is 1.55. The molecule has 0 unspecified atom stereocenters. The molecule has 1 rings (SSSR count). The molecule has 0 heterocycles. The highest BCUT2D eigenvalue weighted by molar-refractivity contribution is 7.98. The lowest BCUT2D eigenvalue weighted by Crippen LogP contribution is -1.91. The molecule has 2 N–H and O–H groups in total. The van der Waals surface area contributed by atoms with Crippen molar-refractivity contribution in [2.45, 2.75) is 5.75 Å². The smallest absolute Gasteiger partial charge is 0.0355 e. The molecule has 2 heteroatoms. The summed E-state index contributed by atoms with van der Waals surface area (Å²) in [5.74, 6) is 1.95. The van der Waals surface area contributed by atoms with E-state index in [2.05, 4.69) is 12.6 Å². The maximum Gasteiger partial charge on any atom is 0.0355 e. The first-order chi connectivity index (χ1) is 5.84. The van der Waals surface area contributed by atoms with Crippen LogP contribution in [-0.2, 0) is 5.75 Å². The molecule has 0 saturated heterocycles. The lowest BCUT2D eigenvalue weighted by atomic mass is 10.2. The van der Waals surface area contributed by atoms with Gasteiger partial charge >= 0.3 is 0 Å². The zero-order chi connectivity index (χ0) is 8.81. The molecule has 0 aliphatic heterocycles. The van der Waals surface area contributed by atoms with Crippen molar-refractivity contribution in [2.75, 3.05) is 11.5 Å². The van der Waals surface area contributed by atoms with Crippen LogP contribution >= 0.6 is 11.8 Å². The van der Waals surface area contributed by atoms with Crippen LogP contribution in [0.25, 0.3) is 0 Å². The van der Waals surface area contributed by atoms with Crippen molar-refractivity contribution in [3.8, 4) is 0 Å². The minimum absolute atomic E-state index is 0.883. The van der Waals surface area contributed by atoms with Gasteiger partial charge < -0.3 is 5.73 Å². The van der Waals surface area contributed by atoms with E-state index in [9.17, 15) is 0 Å². The minimum atomic E-state index is 0.883. The predicted octanol–water partition coefficient (Wildman–Crippen LogP) is 2.69. The third kappa shape index (κ3) is 2.62. The first-order valence-corrected chi connectivity index (χ1v) is 5.02. The van der Waals surface area contributed by atoms with E-state index in [1.54, 1.807) is 0 Å². The summed E-state index contributed by atoms with van der Waals surface area (Å²) < 4.78 is 0. The SMILES string of the molecule is C=CCSCc1ccccc1N. The highest BCUT2D eigenvalue weighted by Gasteiger charge is 1.95. The summed E-state index contributed by atoms with van der Waals surface area (Å²) >= 11 is 1.82. The van der Waals surface area contributed by atoms with Crippen LogP contribution in [0.3, 0.4) is 0 Å². The fourth-order valence-electron chi connectivity index (χ4n) is 0.918. The first kappa shape index (κ1) is 9.20. The molecule has 0 spiro atoms. The molecule has 0 atom stereocenters. The largest absolute Gasteiger partial charge is 0.398 e. The molecule has 0 bridgehead atoms. The van der Waals surface area contributed by atoms with Gasteiger partial charge in [-0.2, -0.15) is 11.8 Å². The highest BCUT2D eigenvalue weighted by atomic mass is 32.2. The number of thioether (sulfide) groups is 1. The Balaban J connectivity index is 2.51. The van der Waals surface area contributed by atoms with Gasteiger partial charge in [0.25, 0.3) is 0 Å². The molecule has 0 aliphatic rings. The molecule has 0 saturated carbocycles. The van der Waals surface area contributed by atoms with E-state index in [0.717, 1.165) is 17.2 Å². The first-order valence-electron chi connectivity index (χ1n) is 3.86. The molecule has 1 aromatic rings. The lowest BCUT2D eigenvalue weighted by molar-refractivity contribution is 1.41. The number of rotatable bonds is 4. The summed E-state index contributed by atoms with van der Waals surface area (Å²) in [6, 6.07) is 7.96. The predicted molar refractivity (Wildman–Crippen MR) is 57.2 cm³/mol. The van der Waals surface area contributed by atoms with Gasteiger partial charge in [-0.1, -0.05) is 24.3 Å². The van der Waals surface area contributed by atoms with E-state index < -0.39 is 0 Å². The van der Waals surface area contributed by atoms with Gasteiger partial charge in [-0.15, -0.1) is 6.58 Å². The summed E-state index contributed by atoms with van der Waals surface area (Å²) in [7, 11) is 0. The monoisotopic (exact) mass is 179 g/mol. The van der Waals surface area contributed by atoms with E-state index in [0.29, 0.717) is 0 Å². The maximum absolute atomic E-state index is 5.76. The van der Waals surface area contributed by atoms with Crippen molar-refractivity contribution in [1.82, 2.24) is 0 Å². The second-order valence-electron chi connectivity index (χ2n) is 2.50. The van der Waals surface area contributed by atoms with E-state index in [-0.39, 0.29) is 0 Å². The fraction of sp³-hybridized carbons (Fsp3) is 0.200. The summed E-state index contributed by atoms with van der Waals surface area (Å²) in [4.78, 5) is 0. The van der Waals surface area contributed by atoms with Gasteiger partial charge in [0.15, 0.2) is 0 Å². The maximum atomic E-state index is 5.76. The normalized spacial score (nSPS) is 9.67. The van der Waals surface area contributed by atoms with E-state index in [4.69, 9.17) is 5.73 Å². The summed E-state index contributed by atoms with van der Waals surface area (Å²) in [5, 5.41) is 0. The average molecular weight is 179 g/mol. The third-order valence-corrected chi connectivity index (χ3v) is 2.53. The summed E-state index contributed by atoms with van der Waals surface area (Å²) in [6.07, 6.45) is 1.91. The zero-order valence-corrected chi connectivity index (χ0v) is 7.81. The van der Waals surface area contributed by atoms with Crippen molar-refractivity contribution in [3.05, 3.63) is 42.5 Å². The molecule has 12 heavy (non-hydrogen) atoms. The quantitative estimate of drug-likeness (QED) is 0.437. The van der Waals surface area contributed by atoms with E-state index in [1.807, 2.05) is 36.0 Å². The van der Waals surface area contributed by atoms with Gasteiger partial charge in [-0.05, 0) is 11.6 Å².